The monoisotopic (exact) mass is 391 g/mol. The van der Waals surface area contributed by atoms with Crippen molar-refractivity contribution >= 4 is 5.91 Å². The second-order valence-corrected chi connectivity index (χ2v) is 9.07. The van der Waals surface area contributed by atoms with E-state index in [9.17, 15) is 4.79 Å². The van der Waals surface area contributed by atoms with Gasteiger partial charge >= 0.3 is 0 Å². The van der Waals surface area contributed by atoms with E-state index in [1.54, 1.807) is 6.20 Å². The maximum atomic E-state index is 13.1. The SMILES string of the molecule is CCN1CC(c2ccccc2)CC2(CCN(C(=O)c3cnc(C)cc3C)CC2)C1. The van der Waals surface area contributed by atoms with Crippen molar-refractivity contribution in [3.8, 4) is 0 Å². The summed E-state index contributed by atoms with van der Waals surface area (Å²) in [6.45, 7) is 11.4. The molecule has 4 heteroatoms. The van der Waals surface area contributed by atoms with Crippen LogP contribution in [0, 0.1) is 19.3 Å². The van der Waals surface area contributed by atoms with Gasteiger partial charge in [0.2, 0.25) is 0 Å². The molecule has 0 aliphatic carbocycles. The van der Waals surface area contributed by atoms with Gasteiger partial charge in [-0.2, -0.15) is 0 Å². The molecule has 2 aliphatic heterocycles. The molecule has 0 saturated carbocycles. The Morgan fingerprint density at radius 1 is 1.17 bits per heavy atom. The maximum Gasteiger partial charge on any atom is 0.255 e. The second-order valence-electron chi connectivity index (χ2n) is 9.07. The summed E-state index contributed by atoms with van der Waals surface area (Å²) in [4.78, 5) is 22.1. The molecule has 2 aromatic rings. The molecule has 3 heterocycles. The lowest BCUT2D eigenvalue weighted by Gasteiger charge is -2.50. The van der Waals surface area contributed by atoms with Gasteiger partial charge in [0.15, 0.2) is 0 Å². The lowest BCUT2D eigenvalue weighted by molar-refractivity contribution is 0.0158. The van der Waals surface area contributed by atoms with Crippen LogP contribution >= 0.6 is 0 Å². The van der Waals surface area contributed by atoms with Crippen LogP contribution in [0.15, 0.2) is 42.6 Å². The van der Waals surface area contributed by atoms with E-state index >= 15 is 0 Å². The van der Waals surface area contributed by atoms with Crippen molar-refractivity contribution in [2.45, 2.75) is 46.0 Å². The summed E-state index contributed by atoms with van der Waals surface area (Å²) in [6, 6.07) is 13.0. The molecule has 1 aromatic carbocycles. The van der Waals surface area contributed by atoms with E-state index in [1.165, 1.54) is 18.5 Å². The van der Waals surface area contributed by atoms with Crippen LogP contribution in [-0.2, 0) is 0 Å². The Morgan fingerprint density at radius 2 is 1.90 bits per heavy atom. The third-order valence-electron chi connectivity index (χ3n) is 7.02. The summed E-state index contributed by atoms with van der Waals surface area (Å²) >= 11 is 0. The molecule has 1 spiro atoms. The molecular weight excluding hydrogens is 358 g/mol. The molecule has 0 N–H and O–H groups in total. The van der Waals surface area contributed by atoms with Crippen molar-refractivity contribution in [1.82, 2.24) is 14.8 Å². The zero-order chi connectivity index (χ0) is 20.4. The normalized spacial score (nSPS) is 22.0. The van der Waals surface area contributed by atoms with Crippen LogP contribution in [-0.4, -0.2) is 53.4 Å². The standard InChI is InChI=1S/C25H33N3O/c1-4-27-17-22(21-8-6-5-7-9-21)15-25(18-27)10-12-28(13-11-25)24(29)23-16-26-20(3)14-19(23)2/h5-9,14,16,22H,4,10-13,15,17-18H2,1-3H3. The van der Waals surface area contributed by atoms with Crippen LogP contribution in [0.2, 0.25) is 0 Å². The highest BCUT2D eigenvalue weighted by molar-refractivity contribution is 5.95. The summed E-state index contributed by atoms with van der Waals surface area (Å²) in [5, 5.41) is 0. The van der Waals surface area contributed by atoms with Crippen LogP contribution < -0.4 is 0 Å². The molecule has 4 nitrogen and oxygen atoms in total. The van der Waals surface area contributed by atoms with E-state index in [1.807, 2.05) is 24.8 Å². The van der Waals surface area contributed by atoms with Gasteiger partial charge in [-0.1, -0.05) is 37.3 Å². The largest absolute Gasteiger partial charge is 0.339 e. The highest BCUT2D eigenvalue weighted by atomic mass is 16.2. The minimum absolute atomic E-state index is 0.146. The number of rotatable bonds is 3. The molecule has 0 radical (unpaired) electrons. The summed E-state index contributed by atoms with van der Waals surface area (Å²) < 4.78 is 0. The molecule has 154 valence electrons. The number of nitrogens with zero attached hydrogens (tertiary/aromatic N) is 3. The second kappa shape index (κ2) is 8.27. The fraction of sp³-hybridized carbons (Fsp3) is 0.520. The number of carbonyl (C=O) groups is 1. The van der Waals surface area contributed by atoms with Crippen molar-refractivity contribution < 1.29 is 4.79 Å². The van der Waals surface area contributed by atoms with Crippen molar-refractivity contribution in [3.05, 3.63) is 65.0 Å². The van der Waals surface area contributed by atoms with Gasteiger partial charge in [0.05, 0.1) is 5.56 Å². The Balaban J connectivity index is 1.47. The first kappa shape index (κ1) is 20.1. The van der Waals surface area contributed by atoms with Gasteiger partial charge in [0.1, 0.15) is 0 Å². The third kappa shape index (κ3) is 4.23. The highest BCUT2D eigenvalue weighted by Crippen LogP contribution is 2.45. The van der Waals surface area contributed by atoms with Gasteiger partial charge in [-0.05, 0) is 68.2 Å². The number of pyridine rings is 1. The van der Waals surface area contributed by atoms with Crippen molar-refractivity contribution in [1.29, 1.82) is 0 Å². The molecule has 1 atom stereocenters. The molecule has 2 fully saturated rings. The lowest BCUT2D eigenvalue weighted by Crippen LogP contribution is -2.52. The average molecular weight is 392 g/mol. The fourth-order valence-corrected chi connectivity index (χ4v) is 5.33. The average Bonchev–Trinajstić information content (AvgIpc) is 2.74. The molecule has 0 bridgehead atoms. The van der Waals surface area contributed by atoms with Crippen LogP contribution in [0.25, 0.3) is 0 Å². The Bertz CT molecular complexity index is 856. The first-order chi connectivity index (χ1) is 14.0. The lowest BCUT2D eigenvalue weighted by atomic mass is 9.68. The number of amides is 1. The quantitative estimate of drug-likeness (QED) is 0.777. The van der Waals surface area contributed by atoms with Gasteiger partial charge in [-0.3, -0.25) is 9.78 Å². The zero-order valence-corrected chi connectivity index (χ0v) is 18.0. The van der Waals surface area contributed by atoms with Gasteiger partial charge in [0.25, 0.3) is 5.91 Å². The number of aromatic nitrogens is 1. The summed E-state index contributed by atoms with van der Waals surface area (Å²) in [5.74, 6) is 0.739. The van der Waals surface area contributed by atoms with E-state index in [0.29, 0.717) is 11.3 Å². The number of likely N-dealkylation sites (tertiary alicyclic amines) is 2. The first-order valence-electron chi connectivity index (χ1n) is 11.0. The third-order valence-corrected chi connectivity index (χ3v) is 7.02. The van der Waals surface area contributed by atoms with Crippen LogP contribution in [0.4, 0.5) is 0 Å². The van der Waals surface area contributed by atoms with E-state index in [2.05, 4.69) is 47.1 Å². The number of carbonyl (C=O) groups excluding carboxylic acids is 1. The van der Waals surface area contributed by atoms with Gasteiger partial charge < -0.3 is 9.80 Å². The topological polar surface area (TPSA) is 36.4 Å². The molecule has 2 aliphatic rings. The Morgan fingerprint density at radius 3 is 2.55 bits per heavy atom. The molecule has 1 aromatic heterocycles. The minimum Gasteiger partial charge on any atom is -0.339 e. The van der Waals surface area contributed by atoms with E-state index in [4.69, 9.17) is 0 Å². The van der Waals surface area contributed by atoms with Crippen LogP contribution in [0.3, 0.4) is 0 Å². The predicted octanol–water partition coefficient (Wildman–Crippen LogP) is 4.43. The molecule has 29 heavy (non-hydrogen) atoms. The first-order valence-corrected chi connectivity index (χ1v) is 11.0. The molecule has 4 rings (SSSR count). The van der Waals surface area contributed by atoms with Crippen molar-refractivity contribution in [2.24, 2.45) is 5.41 Å². The van der Waals surface area contributed by atoms with Gasteiger partial charge in [-0.25, -0.2) is 0 Å². The zero-order valence-electron chi connectivity index (χ0n) is 18.0. The number of aryl methyl sites for hydroxylation is 2. The van der Waals surface area contributed by atoms with Gasteiger partial charge in [-0.15, -0.1) is 0 Å². The number of hydrogen-bond acceptors (Lipinski definition) is 3. The molecule has 2 saturated heterocycles. The summed E-state index contributed by atoms with van der Waals surface area (Å²) in [7, 11) is 0. The number of piperidine rings is 2. The van der Waals surface area contributed by atoms with Crippen LogP contribution in [0.5, 0.6) is 0 Å². The van der Waals surface area contributed by atoms with E-state index in [0.717, 1.165) is 55.8 Å². The number of likely N-dealkylation sites (N-methyl/N-ethyl adjacent to an activating group) is 1. The molecular formula is C25H33N3O. The summed E-state index contributed by atoms with van der Waals surface area (Å²) in [5.41, 5.74) is 4.54. The van der Waals surface area contributed by atoms with Gasteiger partial charge in [0, 0.05) is 38.1 Å². The van der Waals surface area contributed by atoms with E-state index in [-0.39, 0.29) is 5.91 Å². The highest BCUT2D eigenvalue weighted by Gasteiger charge is 2.42. The van der Waals surface area contributed by atoms with Crippen molar-refractivity contribution in [3.63, 3.8) is 0 Å². The summed E-state index contributed by atoms with van der Waals surface area (Å²) in [6.07, 6.45) is 5.18. The predicted molar refractivity (Wildman–Crippen MR) is 117 cm³/mol. The fourth-order valence-electron chi connectivity index (χ4n) is 5.33. The maximum absolute atomic E-state index is 13.1. The Kier molecular flexibility index (Phi) is 5.73. The minimum atomic E-state index is 0.146. The molecule has 1 unspecified atom stereocenters. The van der Waals surface area contributed by atoms with Crippen molar-refractivity contribution in [2.75, 3.05) is 32.7 Å². The Labute approximate surface area is 174 Å². The number of hydrogen-bond donors (Lipinski definition) is 0. The number of benzene rings is 1. The van der Waals surface area contributed by atoms with Crippen LogP contribution in [0.1, 0.15) is 59.3 Å². The smallest absolute Gasteiger partial charge is 0.255 e. The van der Waals surface area contributed by atoms with E-state index < -0.39 is 0 Å². The Hall–Kier alpha value is -2.20. The molecule has 1 amide bonds.